The minimum absolute atomic E-state index is 0.502. The number of aromatic nitrogens is 1. The topological polar surface area (TPSA) is 72.5 Å². The van der Waals surface area contributed by atoms with Crippen molar-refractivity contribution >= 4 is 28.5 Å². The van der Waals surface area contributed by atoms with Gasteiger partial charge in [0.05, 0.1) is 12.8 Å². The quantitative estimate of drug-likeness (QED) is 0.445. The molecule has 0 radical (unpaired) electrons. The van der Waals surface area contributed by atoms with Crippen LogP contribution in [0.1, 0.15) is 30.9 Å². The molecule has 0 saturated heterocycles. The lowest BCUT2D eigenvalue weighted by atomic mass is 10.1. The summed E-state index contributed by atoms with van der Waals surface area (Å²) in [5.41, 5.74) is 10.6. The van der Waals surface area contributed by atoms with Gasteiger partial charge >= 0.3 is 0 Å². The van der Waals surface area contributed by atoms with Crippen molar-refractivity contribution in [3.05, 3.63) is 40.8 Å². The molecule has 21 heavy (non-hydrogen) atoms. The summed E-state index contributed by atoms with van der Waals surface area (Å²) in [7, 11) is 0. The highest BCUT2D eigenvalue weighted by Gasteiger charge is 2.00. The van der Waals surface area contributed by atoms with Gasteiger partial charge in [-0.3, -0.25) is 5.43 Å². The zero-order valence-electron chi connectivity index (χ0n) is 12.1. The number of hydrogen-bond donors (Lipinski definition) is 2. The van der Waals surface area contributed by atoms with E-state index in [0.717, 1.165) is 30.6 Å². The number of thiazole rings is 1. The first-order valence-electron chi connectivity index (χ1n) is 6.95. The molecule has 0 aliphatic carbocycles. The number of hydrazone groups is 1. The van der Waals surface area contributed by atoms with Gasteiger partial charge in [0.15, 0.2) is 0 Å². The van der Waals surface area contributed by atoms with Gasteiger partial charge < -0.3 is 10.5 Å². The summed E-state index contributed by atoms with van der Waals surface area (Å²) < 4.78 is 5.66. The second kappa shape index (κ2) is 8.39. The van der Waals surface area contributed by atoms with Crippen LogP contribution in [0.5, 0.6) is 0 Å². The average molecular weight is 304 g/mol. The van der Waals surface area contributed by atoms with Crippen LogP contribution in [0.15, 0.2) is 34.7 Å². The van der Waals surface area contributed by atoms with E-state index >= 15 is 0 Å². The molecule has 3 N–H and O–H groups in total. The number of anilines is 2. The molecule has 0 bridgehead atoms. The summed E-state index contributed by atoms with van der Waals surface area (Å²) in [4.78, 5) is 4.08. The van der Waals surface area contributed by atoms with Crippen molar-refractivity contribution in [3.8, 4) is 0 Å². The maximum atomic E-state index is 5.66. The average Bonchev–Trinajstić information content (AvgIpc) is 2.91. The number of nitrogens with zero attached hydrogens (tertiary/aromatic N) is 2. The monoisotopic (exact) mass is 304 g/mol. The largest absolute Gasteiger partial charge is 0.383 e. The summed E-state index contributed by atoms with van der Waals surface area (Å²) in [5.74, 6) is 0.502. The number of nitrogen functional groups attached to an aromatic ring is 1. The normalized spacial score (nSPS) is 11.1. The van der Waals surface area contributed by atoms with Gasteiger partial charge in [0, 0.05) is 17.6 Å². The Hall–Kier alpha value is -1.92. The minimum atomic E-state index is 0.502. The Bertz CT molecular complexity index is 583. The van der Waals surface area contributed by atoms with E-state index in [9.17, 15) is 0 Å². The van der Waals surface area contributed by atoms with Crippen LogP contribution < -0.4 is 11.2 Å². The zero-order chi connectivity index (χ0) is 14.9. The van der Waals surface area contributed by atoms with Crippen molar-refractivity contribution in [3.63, 3.8) is 0 Å². The SMILES string of the molecule is CCCCOCc1ccccc1C=NNc1nc(N)cs1. The summed E-state index contributed by atoms with van der Waals surface area (Å²) in [5, 5.41) is 6.64. The molecule has 1 aromatic carbocycles. The summed E-state index contributed by atoms with van der Waals surface area (Å²) in [6, 6.07) is 8.05. The number of hydrogen-bond acceptors (Lipinski definition) is 6. The van der Waals surface area contributed by atoms with Crippen molar-refractivity contribution in [1.82, 2.24) is 4.98 Å². The Labute approximate surface area is 128 Å². The predicted molar refractivity (Wildman–Crippen MR) is 88.7 cm³/mol. The van der Waals surface area contributed by atoms with E-state index in [0.29, 0.717) is 17.6 Å². The standard InChI is InChI=1S/C15H20N4OS/c1-2-3-8-20-10-13-7-5-4-6-12(13)9-17-19-15-18-14(16)11-21-15/h4-7,9,11H,2-3,8,10,16H2,1H3,(H,18,19). The molecule has 0 aliphatic rings. The molecule has 0 amide bonds. The van der Waals surface area contributed by atoms with Crippen LogP contribution in [0, 0.1) is 0 Å². The Morgan fingerprint density at radius 2 is 2.29 bits per heavy atom. The summed E-state index contributed by atoms with van der Waals surface area (Å²) >= 11 is 1.42. The van der Waals surface area contributed by atoms with E-state index in [-0.39, 0.29) is 0 Å². The highest BCUT2D eigenvalue weighted by Crippen LogP contribution is 2.16. The molecular weight excluding hydrogens is 284 g/mol. The third-order valence-corrected chi connectivity index (χ3v) is 3.61. The smallest absolute Gasteiger partial charge is 0.205 e. The predicted octanol–water partition coefficient (Wildman–Crippen LogP) is 3.49. The maximum absolute atomic E-state index is 5.66. The summed E-state index contributed by atoms with van der Waals surface area (Å²) in [6.07, 6.45) is 4.00. The van der Waals surface area contributed by atoms with E-state index < -0.39 is 0 Å². The molecule has 0 atom stereocenters. The molecular formula is C15H20N4OS. The molecule has 2 rings (SSSR count). The van der Waals surface area contributed by atoms with Crippen LogP contribution in [-0.2, 0) is 11.3 Å². The number of nitrogens with two attached hydrogens (primary N) is 1. The molecule has 0 spiro atoms. The fourth-order valence-electron chi connectivity index (χ4n) is 1.71. The van der Waals surface area contributed by atoms with Crippen molar-refractivity contribution in [2.45, 2.75) is 26.4 Å². The third kappa shape index (κ3) is 5.17. The van der Waals surface area contributed by atoms with Gasteiger partial charge in [-0.05, 0) is 12.0 Å². The van der Waals surface area contributed by atoms with Crippen LogP contribution in [0.25, 0.3) is 0 Å². The summed E-state index contributed by atoms with van der Waals surface area (Å²) in [6.45, 7) is 3.55. The number of ether oxygens (including phenoxy) is 1. The van der Waals surface area contributed by atoms with Crippen molar-refractivity contribution in [2.24, 2.45) is 5.10 Å². The Balaban J connectivity index is 1.92. The molecule has 0 aliphatic heterocycles. The molecule has 2 aromatic rings. The van der Waals surface area contributed by atoms with Gasteiger partial charge in [-0.2, -0.15) is 5.10 Å². The van der Waals surface area contributed by atoms with Crippen LogP contribution in [-0.4, -0.2) is 17.8 Å². The first kappa shape index (κ1) is 15.5. The number of unbranched alkanes of at least 4 members (excludes halogenated alkanes) is 1. The van der Waals surface area contributed by atoms with Crippen LogP contribution in [0.3, 0.4) is 0 Å². The first-order valence-corrected chi connectivity index (χ1v) is 7.83. The zero-order valence-corrected chi connectivity index (χ0v) is 12.9. The highest BCUT2D eigenvalue weighted by atomic mass is 32.1. The lowest BCUT2D eigenvalue weighted by Crippen LogP contribution is -2.00. The highest BCUT2D eigenvalue weighted by molar-refractivity contribution is 7.14. The van der Waals surface area contributed by atoms with Gasteiger partial charge in [0.2, 0.25) is 5.13 Å². The maximum Gasteiger partial charge on any atom is 0.205 e. The van der Waals surface area contributed by atoms with Crippen molar-refractivity contribution in [1.29, 1.82) is 0 Å². The first-order chi connectivity index (χ1) is 10.3. The second-order valence-corrected chi connectivity index (χ2v) is 5.41. The van der Waals surface area contributed by atoms with E-state index in [1.54, 1.807) is 11.6 Å². The molecule has 5 nitrogen and oxygen atoms in total. The van der Waals surface area contributed by atoms with E-state index in [1.807, 2.05) is 18.2 Å². The van der Waals surface area contributed by atoms with Crippen molar-refractivity contribution in [2.75, 3.05) is 17.8 Å². The minimum Gasteiger partial charge on any atom is -0.383 e. The van der Waals surface area contributed by atoms with Gasteiger partial charge in [-0.1, -0.05) is 37.6 Å². The molecule has 6 heteroatoms. The van der Waals surface area contributed by atoms with Gasteiger partial charge in [-0.15, -0.1) is 11.3 Å². The lowest BCUT2D eigenvalue weighted by Gasteiger charge is -2.06. The second-order valence-electron chi connectivity index (χ2n) is 4.55. The van der Waals surface area contributed by atoms with E-state index in [1.165, 1.54) is 11.3 Å². The van der Waals surface area contributed by atoms with E-state index in [2.05, 4.69) is 28.5 Å². The molecule has 0 saturated carbocycles. The third-order valence-electron chi connectivity index (χ3n) is 2.84. The number of rotatable bonds is 8. The van der Waals surface area contributed by atoms with Crippen LogP contribution in [0.2, 0.25) is 0 Å². The van der Waals surface area contributed by atoms with Crippen molar-refractivity contribution < 1.29 is 4.74 Å². The van der Waals surface area contributed by atoms with Crippen LogP contribution >= 0.6 is 11.3 Å². The molecule has 112 valence electrons. The number of nitrogens with one attached hydrogen (secondary N) is 1. The lowest BCUT2D eigenvalue weighted by molar-refractivity contribution is 0.118. The molecule has 0 fully saturated rings. The number of benzene rings is 1. The van der Waals surface area contributed by atoms with E-state index in [4.69, 9.17) is 10.5 Å². The molecule has 1 aromatic heterocycles. The Morgan fingerprint density at radius 3 is 3.05 bits per heavy atom. The van der Waals surface area contributed by atoms with Crippen LogP contribution in [0.4, 0.5) is 10.9 Å². The van der Waals surface area contributed by atoms with Gasteiger partial charge in [0.1, 0.15) is 5.82 Å². The van der Waals surface area contributed by atoms with Gasteiger partial charge in [-0.25, -0.2) is 4.98 Å². The fourth-order valence-corrected chi connectivity index (χ4v) is 2.26. The van der Waals surface area contributed by atoms with Gasteiger partial charge in [0.25, 0.3) is 0 Å². The Morgan fingerprint density at radius 1 is 1.43 bits per heavy atom. The molecule has 1 heterocycles. The fraction of sp³-hybridized carbons (Fsp3) is 0.333. The molecule has 0 unspecified atom stereocenters. The Kier molecular flexibility index (Phi) is 6.18.